The monoisotopic (exact) mass is 423 g/mol. The Morgan fingerprint density at radius 3 is 2.82 bits per heavy atom. The largest absolute Gasteiger partial charge is 0.450 e. The molecule has 0 saturated heterocycles. The number of fused-ring (bicyclic) bond motifs is 1. The predicted octanol–water partition coefficient (Wildman–Crippen LogP) is 2.70. The molecule has 1 aliphatic heterocycles. The molecule has 28 heavy (non-hydrogen) atoms. The highest BCUT2D eigenvalue weighted by Crippen LogP contribution is 2.29. The molecule has 2 amide bonds. The van der Waals surface area contributed by atoms with Gasteiger partial charge in [-0.05, 0) is 25.1 Å². The Balaban J connectivity index is 1.73. The van der Waals surface area contributed by atoms with E-state index in [1.807, 2.05) is 0 Å². The number of amides is 2. The molecule has 0 fully saturated rings. The molecule has 0 bridgehead atoms. The Morgan fingerprint density at radius 1 is 1.32 bits per heavy atom. The van der Waals surface area contributed by atoms with E-state index in [1.54, 1.807) is 30.9 Å². The number of aromatic nitrogens is 1. The van der Waals surface area contributed by atoms with Crippen LogP contribution < -0.4 is 5.32 Å². The standard InChI is InChI=1S/C18H21N3O5S2/c1-3-26-18(23)21-9-8-14-15(11-21)27-17(19-14)20-16(22)12-6-5-7-13(10-12)28(24,25)4-2/h5-7,10H,3-4,8-9,11H2,1-2H3,(H,19,20,22). The van der Waals surface area contributed by atoms with Gasteiger partial charge in [0.2, 0.25) is 0 Å². The Kier molecular flexibility index (Phi) is 5.99. The van der Waals surface area contributed by atoms with E-state index >= 15 is 0 Å². The van der Waals surface area contributed by atoms with Crippen LogP contribution >= 0.6 is 11.3 Å². The lowest BCUT2D eigenvalue weighted by atomic mass is 10.2. The second-order valence-electron chi connectivity index (χ2n) is 6.14. The number of anilines is 1. The van der Waals surface area contributed by atoms with Crippen LogP contribution in [0.15, 0.2) is 29.2 Å². The number of carbonyl (C=O) groups is 2. The predicted molar refractivity (Wildman–Crippen MR) is 105 cm³/mol. The smallest absolute Gasteiger partial charge is 0.410 e. The molecule has 3 rings (SSSR count). The zero-order valence-electron chi connectivity index (χ0n) is 15.6. The molecule has 1 aromatic carbocycles. The SMILES string of the molecule is CCOC(=O)N1CCc2nc(NC(=O)c3cccc(S(=O)(=O)CC)c3)sc2C1. The summed E-state index contributed by atoms with van der Waals surface area (Å²) in [5.41, 5.74) is 1.10. The maximum atomic E-state index is 12.5. The van der Waals surface area contributed by atoms with Crippen LogP contribution in [0.5, 0.6) is 0 Å². The molecule has 0 atom stereocenters. The van der Waals surface area contributed by atoms with Crippen molar-refractivity contribution < 1.29 is 22.7 Å². The number of hydrogen-bond donors (Lipinski definition) is 1. The van der Waals surface area contributed by atoms with Crippen molar-refractivity contribution in [3.63, 3.8) is 0 Å². The van der Waals surface area contributed by atoms with E-state index < -0.39 is 15.7 Å². The van der Waals surface area contributed by atoms with Crippen LogP contribution in [0, 0.1) is 0 Å². The highest BCUT2D eigenvalue weighted by molar-refractivity contribution is 7.91. The van der Waals surface area contributed by atoms with Gasteiger partial charge in [0, 0.05) is 23.4 Å². The summed E-state index contributed by atoms with van der Waals surface area (Å²) < 4.78 is 29.1. The normalized spacial score (nSPS) is 13.7. The third-order valence-corrected chi connectivity index (χ3v) is 7.04. The molecule has 0 unspecified atom stereocenters. The maximum absolute atomic E-state index is 12.5. The van der Waals surface area contributed by atoms with E-state index in [1.165, 1.54) is 23.5 Å². The molecule has 0 spiro atoms. The van der Waals surface area contributed by atoms with Gasteiger partial charge in [0.25, 0.3) is 5.91 Å². The van der Waals surface area contributed by atoms with Gasteiger partial charge >= 0.3 is 6.09 Å². The molecule has 150 valence electrons. The van der Waals surface area contributed by atoms with Crippen molar-refractivity contribution in [3.05, 3.63) is 40.4 Å². The number of sulfone groups is 1. The highest BCUT2D eigenvalue weighted by Gasteiger charge is 2.25. The van der Waals surface area contributed by atoms with Gasteiger partial charge in [-0.2, -0.15) is 0 Å². The van der Waals surface area contributed by atoms with Crippen LogP contribution in [0.1, 0.15) is 34.8 Å². The molecule has 0 radical (unpaired) electrons. The van der Waals surface area contributed by atoms with Gasteiger partial charge in [-0.25, -0.2) is 18.2 Å². The van der Waals surface area contributed by atoms with E-state index in [4.69, 9.17) is 4.74 Å². The fourth-order valence-corrected chi connectivity index (χ4v) is 4.73. The molecule has 0 saturated carbocycles. The highest BCUT2D eigenvalue weighted by atomic mass is 32.2. The molecule has 1 aliphatic rings. The van der Waals surface area contributed by atoms with Gasteiger partial charge in [-0.3, -0.25) is 10.1 Å². The number of hydrogen-bond acceptors (Lipinski definition) is 7. The fourth-order valence-electron chi connectivity index (χ4n) is 2.79. The molecule has 1 N–H and O–H groups in total. The second-order valence-corrected chi connectivity index (χ2v) is 9.51. The zero-order valence-corrected chi connectivity index (χ0v) is 17.2. The van der Waals surface area contributed by atoms with E-state index in [0.717, 1.165) is 10.6 Å². The first-order valence-electron chi connectivity index (χ1n) is 8.88. The lowest BCUT2D eigenvalue weighted by Crippen LogP contribution is -2.35. The van der Waals surface area contributed by atoms with Crippen LogP contribution in [-0.2, 0) is 27.5 Å². The van der Waals surface area contributed by atoms with Gasteiger partial charge in [0.1, 0.15) is 0 Å². The van der Waals surface area contributed by atoms with E-state index in [9.17, 15) is 18.0 Å². The average molecular weight is 424 g/mol. The lowest BCUT2D eigenvalue weighted by molar-refractivity contribution is 0.102. The fraction of sp³-hybridized carbons (Fsp3) is 0.389. The van der Waals surface area contributed by atoms with Gasteiger partial charge < -0.3 is 9.64 Å². The van der Waals surface area contributed by atoms with Crippen molar-refractivity contribution >= 4 is 38.3 Å². The van der Waals surface area contributed by atoms with Crippen molar-refractivity contribution in [1.82, 2.24) is 9.88 Å². The second kappa shape index (κ2) is 8.27. The zero-order chi connectivity index (χ0) is 20.3. The van der Waals surface area contributed by atoms with Crippen LogP contribution in [0.2, 0.25) is 0 Å². The summed E-state index contributed by atoms with van der Waals surface area (Å²) >= 11 is 1.30. The molecule has 2 heterocycles. The number of ether oxygens (including phenoxy) is 1. The number of rotatable bonds is 5. The van der Waals surface area contributed by atoms with Crippen molar-refractivity contribution in [3.8, 4) is 0 Å². The number of carbonyl (C=O) groups excluding carboxylic acids is 2. The van der Waals surface area contributed by atoms with Crippen LogP contribution in [0.25, 0.3) is 0 Å². The molecule has 0 aliphatic carbocycles. The molecule has 2 aromatic rings. The summed E-state index contributed by atoms with van der Waals surface area (Å²) in [5, 5.41) is 3.14. The van der Waals surface area contributed by atoms with Gasteiger partial charge in [-0.15, -0.1) is 0 Å². The third kappa shape index (κ3) is 4.33. The number of nitrogens with zero attached hydrogens (tertiary/aromatic N) is 2. The third-order valence-electron chi connectivity index (χ3n) is 4.31. The van der Waals surface area contributed by atoms with Crippen molar-refractivity contribution in [2.45, 2.75) is 31.7 Å². The Labute approximate surface area is 167 Å². The summed E-state index contributed by atoms with van der Waals surface area (Å²) in [6, 6.07) is 5.94. The van der Waals surface area contributed by atoms with E-state index in [-0.39, 0.29) is 22.3 Å². The summed E-state index contributed by atoms with van der Waals surface area (Å²) in [6.07, 6.45) is 0.228. The first-order valence-corrected chi connectivity index (χ1v) is 11.4. The van der Waals surface area contributed by atoms with Crippen LogP contribution in [0.4, 0.5) is 9.93 Å². The molecular weight excluding hydrogens is 402 g/mol. The number of thiazole rings is 1. The number of nitrogens with one attached hydrogen (secondary N) is 1. The minimum absolute atomic E-state index is 0.0335. The van der Waals surface area contributed by atoms with Crippen molar-refractivity contribution in [2.75, 3.05) is 24.2 Å². The lowest BCUT2D eigenvalue weighted by Gasteiger charge is -2.24. The van der Waals surface area contributed by atoms with Gasteiger partial charge in [-0.1, -0.05) is 24.3 Å². The topological polar surface area (TPSA) is 106 Å². The summed E-state index contributed by atoms with van der Waals surface area (Å²) in [5.74, 6) is -0.463. The Hall–Kier alpha value is -2.46. The van der Waals surface area contributed by atoms with Gasteiger partial charge in [0.05, 0.1) is 29.5 Å². The van der Waals surface area contributed by atoms with Crippen molar-refractivity contribution in [2.24, 2.45) is 0 Å². The minimum Gasteiger partial charge on any atom is -0.450 e. The summed E-state index contributed by atoms with van der Waals surface area (Å²) in [6.45, 7) is 4.54. The first kappa shape index (κ1) is 20.3. The van der Waals surface area contributed by atoms with Crippen LogP contribution in [-0.4, -0.2) is 49.2 Å². The Bertz CT molecular complexity index is 1000. The minimum atomic E-state index is -3.39. The van der Waals surface area contributed by atoms with E-state index in [0.29, 0.717) is 31.2 Å². The quantitative estimate of drug-likeness (QED) is 0.793. The molecule has 10 heteroatoms. The summed E-state index contributed by atoms with van der Waals surface area (Å²) in [7, 11) is -3.39. The molecule has 1 aromatic heterocycles. The average Bonchev–Trinajstić information content (AvgIpc) is 3.09. The molecular formula is C18H21N3O5S2. The van der Waals surface area contributed by atoms with Crippen LogP contribution in [0.3, 0.4) is 0 Å². The first-order chi connectivity index (χ1) is 13.3. The van der Waals surface area contributed by atoms with Gasteiger partial charge in [0.15, 0.2) is 15.0 Å². The Morgan fingerprint density at radius 2 is 2.11 bits per heavy atom. The molecule has 8 nitrogen and oxygen atoms in total. The summed E-state index contributed by atoms with van der Waals surface area (Å²) in [4.78, 5) is 31.5. The maximum Gasteiger partial charge on any atom is 0.410 e. The van der Waals surface area contributed by atoms with E-state index in [2.05, 4.69) is 10.3 Å². The van der Waals surface area contributed by atoms with Crippen molar-refractivity contribution in [1.29, 1.82) is 0 Å². The number of benzene rings is 1.